The summed E-state index contributed by atoms with van der Waals surface area (Å²) in [5.41, 5.74) is 0. The molecule has 0 aliphatic rings. The second-order valence-corrected chi connectivity index (χ2v) is 0.238. The summed E-state index contributed by atoms with van der Waals surface area (Å²) in [6.07, 6.45) is 0. The molecule has 9 heteroatoms. The molecule has 0 saturated heterocycles. The molecule has 0 heterocycles. The predicted octanol–water partition coefficient (Wildman–Crippen LogP) is -3.80. The fourth-order valence-corrected chi connectivity index (χ4v) is 0. The maximum absolute atomic E-state index is 8.36. The van der Waals surface area contributed by atoms with Crippen molar-refractivity contribution in [2.75, 3.05) is 0 Å². The first-order valence-corrected chi connectivity index (χ1v) is 0.565. The summed E-state index contributed by atoms with van der Waals surface area (Å²) in [7, 11) is 0. The van der Waals surface area contributed by atoms with Gasteiger partial charge in [-0.15, -0.1) is 10.1 Å². The summed E-state index contributed by atoms with van der Waals surface area (Å²) < 4.78 is 0. The van der Waals surface area contributed by atoms with Gasteiger partial charge in [0.05, 0.1) is 0 Å². The van der Waals surface area contributed by atoms with Gasteiger partial charge in [0, 0.05) is 0 Å². The second kappa shape index (κ2) is 38.9. The van der Waals surface area contributed by atoms with Crippen LogP contribution in [0.15, 0.2) is 0 Å². The molecular weight excluding hydrogens is 214 g/mol. The molecule has 0 saturated carbocycles. The Morgan fingerprint density at radius 1 is 1.22 bits per heavy atom. The van der Waals surface area contributed by atoms with Crippen molar-refractivity contribution in [1.29, 1.82) is 0 Å². The van der Waals surface area contributed by atoms with Gasteiger partial charge < -0.3 is 30.0 Å². The number of nitrogens with zero attached hydrogens (tertiary/aromatic N) is 1. The Balaban J connectivity index is -0.00000000214. The van der Waals surface area contributed by atoms with E-state index in [2.05, 4.69) is 0 Å². The molecule has 0 radical (unpaired) electrons. The normalized spacial score (nSPS) is 2.67. The van der Waals surface area contributed by atoms with E-state index < -0.39 is 5.09 Å². The van der Waals surface area contributed by atoms with Crippen molar-refractivity contribution >= 4 is 45.5 Å². The van der Waals surface area contributed by atoms with Crippen LogP contribution in [0.5, 0.6) is 0 Å². The summed E-state index contributed by atoms with van der Waals surface area (Å²) in [6, 6.07) is 0. The van der Waals surface area contributed by atoms with Gasteiger partial charge in [-0.1, -0.05) is 0 Å². The molecule has 0 aromatic carbocycles. The summed E-state index contributed by atoms with van der Waals surface area (Å²) in [5.74, 6) is 0. The van der Waals surface area contributed by atoms with E-state index in [1.54, 1.807) is 0 Å². The van der Waals surface area contributed by atoms with Gasteiger partial charge in [0.2, 0.25) is 0 Å². The van der Waals surface area contributed by atoms with Gasteiger partial charge in [0.25, 0.3) is 5.09 Å². The first kappa shape index (κ1) is 55.8. The van der Waals surface area contributed by atoms with Crippen LogP contribution in [0, 0.1) is 10.1 Å². The molecule has 0 atom stereocenters. The van der Waals surface area contributed by atoms with Crippen LogP contribution in [0.4, 0.5) is 0 Å². The Morgan fingerprint density at radius 3 is 1.22 bits per heavy atom. The Bertz CT molecular complexity index is 39.4. The molecule has 0 aliphatic heterocycles. The third-order valence-corrected chi connectivity index (χ3v) is 0. The maximum Gasteiger partial charge on any atom is 2.00 e. The minimum Gasteiger partial charge on any atom is -1.00 e. The van der Waals surface area contributed by atoms with Crippen molar-refractivity contribution in [2.45, 2.75) is 0 Å². The molecule has 0 rings (SSSR count). The van der Waals surface area contributed by atoms with E-state index in [1.165, 1.54) is 0 Å². The molecule has 0 bridgehead atoms. The smallest absolute Gasteiger partial charge is 1.00 e. The standard InChI is InChI=1S/HNO3.4H2O.Sr.2H/c2-1(3)4;;;;;;;/h(H,2,3,4);4*1H2;;;/q;;;;;+2;2*-1. The number of hydrogen-bond donors (Lipinski definition) is 1. The van der Waals surface area contributed by atoms with Gasteiger partial charge in [-0.05, 0) is 0 Å². The van der Waals surface area contributed by atoms with Crippen LogP contribution >= 0.6 is 0 Å². The van der Waals surface area contributed by atoms with E-state index in [1.807, 2.05) is 0 Å². The average molecular weight is 225 g/mol. The molecular formula is H11NO7Sr. The van der Waals surface area contributed by atoms with Crippen molar-refractivity contribution < 1.29 is 35.1 Å². The molecule has 8 nitrogen and oxygen atoms in total. The van der Waals surface area contributed by atoms with E-state index in [4.69, 9.17) is 15.3 Å². The van der Waals surface area contributed by atoms with Gasteiger partial charge >= 0.3 is 45.5 Å². The molecule has 0 unspecified atom stereocenters. The summed E-state index contributed by atoms with van der Waals surface area (Å²) in [5, 5.41) is 13.6. The quantitative estimate of drug-likeness (QED) is 0.251. The zero-order valence-electron chi connectivity index (χ0n) is 6.42. The molecule has 9 N–H and O–H groups in total. The van der Waals surface area contributed by atoms with Gasteiger partial charge in [0.15, 0.2) is 0 Å². The Morgan fingerprint density at radius 2 is 1.22 bits per heavy atom. The van der Waals surface area contributed by atoms with Crippen LogP contribution in [0.1, 0.15) is 2.85 Å². The van der Waals surface area contributed by atoms with Gasteiger partial charge in [-0.2, -0.15) is 0 Å². The average Bonchev–Trinajstić information content (AvgIpc) is 0.811. The zero-order valence-corrected chi connectivity index (χ0v) is 7.89. The van der Waals surface area contributed by atoms with Crippen LogP contribution in [0.2, 0.25) is 0 Å². The molecule has 0 spiro atoms. The van der Waals surface area contributed by atoms with Crippen molar-refractivity contribution in [3.63, 3.8) is 0 Å². The van der Waals surface area contributed by atoms with Crippen molar-refractivity contribution in [1.82, 2.24) is 0 Å². The topological polar surface area (TPSA) is 189 Å². The minimum absolute atomic E-state index is 0. The molecule has 0 aromatic heterocycles. The van der Waals surface area contributed by atoms with Crippen molar-refractivity contribution in [3.8, 4) is 0 Å². The van der Waals surface area contributed by atoms with Crippen LogP contribution in [-0.2, 0) is 0 Å². The maximum atomic E-state index is 8.36. The largest absolute Gasteiger partial charge is 2.00 e. The monoisotopic (exact) mass is 225 g/mol. The number of rotatable bonds is 0. The first-order chi connectivity index (χ1) is 1.73. The fraction of sp³-hybridized carbons (Fsp3) is 0. The SMILES string of the molecule is O.O.O.O.O=[N+]([O-])O.[H-].[H-].[Sr+2]. The minimum atomic E-state index is -1.50. The molecule has 9 heavy (non-hydrogen) atoms. The first-order valence-electron chi connectivity index (χ1n) is 0.565. The van der Waals surface area contributed by atoms with E-state index in [9.17, 15) is 0 Å². The van der Waals surface area contributed by atoms with E-state index >= 15 is 0 Å². The van der Waals surface area contributed by atoms with Gasteiger partial charge in [-0.25, -0.2) is 0 Å². The van der Waals surface area contributed by atoms with E-state index in [0.717, 1.165) is 0 Å². The zero-order chi connectivity index (χ0) is 3.58. The molecule has 0 fully saturated rings. The Labute approximate surface area is 90.1 Å². The second-order valence-electron chi connectivity index (χ2n) is 0.238. The fourth-order valence-electron chi connectivity index (χ4n) is 0. The Hall–Kier alpha value is 0.521. The summed E-state index contributed by atoms with van der Waals surface area (Å²) >= 11 is 0. The van der Waals surface area contributed by atoms with Crippen molar-refractivity contribution in [2.24, 2.45) is 0 Å². The molecule has 0 aromatic rings. The molecule has 0 aliphatic carbocycles. The molecule has 60 valence electrons. The van der Waals surface area contributed by atoms with E-state index in [-0.39, 0.29) is 70.2 Å². The number of hydrogen-bond acceptors (Lipinski definition) is 2. The van der Waals surface area contributed by atoms with Crippen LogP contribution in [0.3, 0.4) is 0 Å². The third-order valence-electron chi connectivity index (χ3n) is 0. The van der Waals surface area contributed by atoms with Crippen LogP contribution < -0.4 is 0 Å². The summed E-state index contributed by atoms with van der Waals surface area (Å²) in [4.78, 5) is 8.36. The predicted molar refractivity (Wildman–Crippen MR) is 31.2 cm³/mol. The Kier molecular flexibility index (Phi) is 241. The summed E-state index contributed by atoms with van der Waals surface area (Å²) in [6.45, 7) is 0. The van der Waals surface area contributed by atoms with Crippen LogP contribution in [0.25, 0.3) is 0 Å². The van der Waals surface area contributed by atoms with Crippen LogP contribution in [-0.4, -0.2) is 77.7 Å². The molecule has 0 amide bonds. The third kappa shape index (κ3) is 1340. The van der Waals surface area contributed by atoms with Crippen molar-refractivity contribution in [3.05, 3.63) is 10.1 Å². The van der Waals surface area contributed by atoms with Gasteiger partial charge in [-0.3, -0.25) is 0 Å². The van der Waals surface area contributed by atoms with E-state index in [0.29, 0.717) is 0 Å². The van der Waals surface area contributed by atoms with Gasteiger partial charge in [0.1, 0.15) is 0 Å².